The fraction of sp³-hybridized carbons (Fsp3) is 0.409. The van der Waals surface area contributed by atoms with Gasteiger partial charge in [-0.3, -0.25) is 0 Å². The van der Waals surface area contributed by atoms with Gasteiger partial charge in [0.25, 0.3) is 0 Å². The third-order valence-corrected chi connectivity index (χ3v) is 8.07. The van der Waals surface area contributed by atoms with Crippen molar-refractivity contribution in [2.75, 3.05) is 27.6 Å². The van der Waals surface area contributed by atoms with Crippen molar-refractivity contribution in [3.8, 4) is 11.5 Å². The first kappa shape index (κ1) is 23.5. The average Bonchev–Trinajstić information content (AvgIpc) is 2.69. The number of esters is 1. The summed E-state index contributed by atoms with van der Waals surface area (Å²) in [7, 11) is 1.73. The molecule has 0 radical (unpaired) electrons. The minimum absolute atomic E-state index is 0.0472. The second-order valence-corrected chi connectivity index (χ2v) is 15.6. The van der Waals surface area contributed by atoms with Gasteiger partial charge in [0.05, 0.1) is 0 Å². The van der Waals surface area contributed by atoms with Crippen molar-refractivity contribution in [2.45, 2.75) is 31.0 Å². The van der Waals surface area contributed by atoms with Crippen LogP contribution in [0.3, 0.4) is 0 Å². The van der Waals surface area contributed by atoms with Crippen molar-refractivity contribution in [1.29, 1.82) is 0 Å². The molecule has 5 nitrogen and oxygen atoms in total. The Hall–Kier alpha value is -1.79. The van der Waals surface area contributed by atoms with Crippen molar-refractivity contribution in [2.24, 2.45) is 0 Å². The van der Waals surface area contributed by atoms with Gasteiger partial charge in [-0.05, 0) is 0 Å². The summed E-state index contributed by atoms with van der Waals surface area (Å²) in [5, 5.41) is 0.732. The van der Waals surface area contributed by atoms with Gasteiger partial charge in [0.2, 0.25) is 0 Å². The zero-order valence-corrected chi connectivity index (χ0v) is 20.5. The average molecular weight is 482 g/mol. The molecule has 0 aliphatic heterocycles. The van der Waals surface area contributed by atoms with Crippen LogP contribution in [0.2, 0.25) is 25.7 Å². The van der Waals surface area contributed by atoms with E-state index in [1.54, 1.807) is 13.2 Å². The van der Waals surface area contributed by atoms with Gasteiger partial charge in [0.15, 0.2) is 0 Å². The molecule has 0 unspecified atom stereocenters. The van der Waals surface area contributed by atoms with E-state index in [9.17, 15) is 4.79 Å². The Balaban J connectivity index is 2.33. The Morgan fingerprint density at radius 1 is 1.03 bits per heavy atom. The molecule has 0 fully saturated rings. The summed E-state index contributed by atoms with van der Waals surface area (Å²) in [5.74, 6) is 0.729. The molecule has 7 heteroatoms. The van der Waals surface area contributed by atoms with Gasteiger partial charge in [-0.15, -0.1) is 0 Å². The maximum absolute atomic E-state index is 12.5. The third-order valence-electron chi connectivity index (χ3n) is 4.14. The molecule has 0 aliphatic rings. The minimum atomic E-state index is -1.20. The number of methoxy groups -OCH3 is 2. The van der Waals surface area contributed by atoms with Crippen molar-refractivity contribution < 1.29 is 23.7 Å². The molecular formula is C22H30O5SeSi. The predicted molar refractivity (Wildman–Crippen MR) is 119 cm³/mol. The van der Waals surface area contributed by atoms with Crippen LogP contribution in [0.1, 0.15) is 15.9 Å². The molecule has 0 aliphatic carbocycles. The van der Waals surface area contributed by atoms with Crippen LogP contribution in [-0.4, -0.2) is 56.6 Å². The van der Waals surface area contributed by atoms with Crippen LogP contribution >= 0.6 is 0 Å². The molecule has 0 spiro atoms. The molecule has 0 amide bonds. The first-order valence-corrected chi connectivity index (χ1v) is 15.3. The van der Waals surface area contributed by atoms with Crippen molar-refractivity contribution >= 4 is 33.5 Å². The van der Waals surface area contributed by atoms with Crippen LogP contribution < -0.4 is 13.9 Å². The zero-order valence-electron chi connectivity index (χ0n) is 17.8. The number of rotatable bonds is 11. The molecule has 29 heavy (non-hydrogen) atoms. The molecule has 2 aromatic carbocycles. The summed E-state index contributed by atoms with van der Waals surface area (Å²) in [6.45, 7) is 7.65. The summed E-state index contributed by atoms with van der Waals surface area (Å²) < 4.78 is 23.1. The SMILES string of the molecule is COCOc1cc(OCC[Si](C)(C)C)cc(C[Se]c2ccccc2)c1C(=O)OC. The Kier molecular flexibility index (Phi) is 9.24. The number of carbonyl (C=O) groups excluding carboxylic acids is 1. The van der Waals surface area contributed by atoms with E-state index in [-0.39, 0.29) is 21.7 Å². The zero-order chi connectivity index (χ0) is 21.3. The van der Waals surface area contributed by atoms with Gasteiger partial charge in [-0.2, -0.15) is 0 Å². The van der Waals surface area contributed by atoms with E-state index in [1.807, 2.05) is 24.3 Å². The summed E-state index contributed by atoms with van der Waals surface area (Å²) >= 11 is 0.166. The topological polar surface area (TPSA) is 54.0 Å². The third kappa shape index (κ3) is 7.86. The molecule has 2 aromatic rings. The molecule has 0 saturated carbocycles. The normalized spacial score (nSPS) is 11.2. The van der Waals surface area contributed by atoms with E-state index in [2.05, 4.69) is 31.8 Å². The van der Waals surface area contributed by atoms with E-state index in [4.69, 9.17) is 18.9 Å². The van der Waals surface area contributed by atoms with Crippen LogP contribution in [0.15, 0.2) is 42.5 Å². The van der Waals surface area contributed by atoms with E-state index in [0.29, 0.717) is 23.7 Å². The Morgan fingerprint density at radius 2 is 1.76 bits per heavy atom. The number of hydrogen-bond acceptors (Lipinski definition) is 5. The van der Waals surface area contributed by atoms with Gasteiger partial charge in [-0.1, -0.05) is 0 Å². The second kappa shape index (κ2) is 11.4. The molecule has 0 aromatic heterocycles. The van der Waals surface area contributed by atoms with Crippen LogP contribution in [0.5, 0.6) is 11.5 Å². The molecule has 0 bridgehead atoms. The fourth-order valence-corrected chi connectivity index (χ4v) is 5.17. The second-order valence-electron chi connectivity index (χ2n) is 7.76. The van der Waals surface area contributed by atoms with Gasteiger partial charge in [0.1, 0.15) is 0 Å². The predicted octanol–water partition coefficient (Wildman–Crippen LogP) is 3.70. The van der Waals surface area contributed by atoms with Crippen LogP contribution in [0.4, 0.5) is 0 Å². The first-order chi connectivity index (χ1) is 13.8. The van der Waals surface area contributed by atoms with Crippen LogP contribution in [0, 0.1) is 0 Å². The van der Waals surface area contributed by atoms with E-state index in [0.717, 1.165) is 16.9 Å². The number of hydrogen-bond donors (Lipinski definition) is 0. The monoisotopic (exact) mass is 482 g/mol. The van der Waals surface area contributed by atoms with Gasteiger partial charge in [-0.25, -0.2) is 0 Å². The standard InChI is InChI=1S/C22H30O5SeSi/c1-24-16-27-20-14-18(26-11-12-29(3,4)5)13-17(21(20)22(23)25-2)15-28-19-9-7-6-8-10-19/h6-10,13-14H,11-12,15-16H2,1-5H3. The molecular weight excluding hydrogens is 451 g/mol. The maximum atomic E-state index is 12.5. The summed E-state index contributed by atoms with van der Waals surface area (Å²) in [4.78, 5) is 12.5. The Morgan fingerprint density at radius 3 is 2.38 bits per heavy atom. The fourth-order valence-electron chi connectivity index (χ4n) is 2.57. The number of benzene rings is 2. The van der Waals surface area contributed by atoms with Gasteiger partial charge < -0.3 is 0 Å². The van der Waals surface area contributed by atoms with Crippen molar-refractivity contribution in [3.63, 3.8) is 0 Å². The first-order valence-electron chi connectivity index (χ1n) is 9.51. The summed E-state index contributed by atoms with van der Waals surface area (Å²) in [6, 6.07) is 15.0. The molecule has 2 rings (SSSR count). The summed E-state index contributed by atoms with van der Waals surface area (Å²) in [6.07, 6.45) is 0. The van der Waals surface area contributed by atoms with Gasteiger partial charge >= 0.3 is 181 Å². The van der Waals surface area contributed by atoms with E-state index in [1.165, 1.54) is 11.6 Å². The molecule has 0 N–H and O–H groups in total. The molecule has 0 atom stereocenters. The Labute approximate surface area is 180 Å². The summed E-state index contributed by atoms with van der Waals surface area (Å²) in [5.41, 5.74) is 1.32. The number of ether oxygens (including phenoxy) is 4. The molecule has 0 saturated heterocycles. The molecule has 158 valence electrons. The molecule has 0 heterocycles. The van der Waals surface area contributed by atoms with Crippen LogP contribution in [-0.2, 0) is 14.8 Å². The van der Waals surface area contributed by atoms with Crippen molar-refractivity contribution in [1.82, 2.24) is 0 Å². The van der Waals surface area contributed by atoms with Crippen molar-refractivity contribution in [3.05, 3.63) is 53.6 Å². The number of carbonyl (C=O) groups is 1. The van der Waals surface area contributed by atoms with E-state index < -0.39 is 14.0 Å². The quantitative estimate of drug-likeness (QED) is 0.278. The van der Waals surface area contributed by atoms with E-state index >= 15 is 0 Å². The van der Waals surface area contributed by atoms with Crippen LogP contribution in [0.25, 0.3) is 0 Å². The Bertz CT molecular complexity index is 790. The van der Waals surface area contributed by atoms with Gasteiger partial charge in [0, 0.05) is 0 Å².